The monoisotopic (exact) mass is 214 g/mol. The molecule has 2 fully saturated rings. The summed E-state index contributed by atoms with van der Waals surface area (Å²) in [5.74, 6) is 1.25. The largest absolute Gasteiger partial charge is 0.384 e. The van der Waals surface area contributed by atoms with Crippen molar-refractivity contribution in [2.45, 2.75) is 12.5 Å². The molecule has 0 aromatic rings. The molecule has 4 nitrogen and oxygen atoms in total. The van der Waals surface area contributed by atoms with Crippen LogP contribution in [-0.4, -0.2) is 57.5 Å². The fourth-order valence-corrected chi connectivity index (χ4v) is 2.59. The summed E-state index contributed by atoms with van der Waals surface area (Å²) in [5.41, 5.74) is 5.97. The van der Waals surface area contributed by atoms with E-state index in [1.165, 1.54) is 13.0 Å². The number of likely N-dealkylation sites (tertiary alicyclic amines) is 1. The molecule has 2 heterocycles. The van der Waals surface area contributed by atoms with Crippen LogP contribution in [0.1, 0.15) is 6.42 Å². The topological polar surface area (TPSA) is 47.7 Å². The summed E-state index contributed by atoms with van der Waals surface area (Å²) in [5, 5.41) is 0. The van der Waals surface area contributed by atoms with Crippen molar-refractivity contribution in [3.05, 3.63) is 0 Å². The summed E-state index contributed by atoms with van der Waals surface area (Å²) in [6.45, 7) is 5.92. The van der Waals surface area contributed by atoms with Crippen molar-refractivity contribution in [2.24, 2.45) is 17.6 Å². The number of nitrogens with zero attached hydrogens (tertiary/aromatic N) is 1. The highest BCUT2D eigenvalue weighted by Gasteiger charge is 2.30. The third-order valence-electron chi connectivity index (χ3n) is 3.51. The smallest absolute Gasteiger partial charge is 0.0621 e. The van der Waals surface area contributed by atoms with Gasteiger partial charge in [0, 0.05) is 32.2 Å². The first-order chi connectivity index (χ1) is 7.29. The van der Waals surface area contributed by atoms with E-state index < -0.39 is 0 Å². The lowest BCUT2D eigenvalue weighted by atomic mass is 10.0. The maximum Gasteiger partial charge on any atom is 0.0621 e. The summed E-state index contributed by atoms with van der Waals surface area (Å²) in [7, 11) is 1.78. The Morgan fingerprint density at radius 3 is 3.00 bits per heavy atom. The lowest BCUT2D eigenvalue weighted by molar-refractivity contribution is 0.147. The fourth-order valence-electron chi connectivity index (χ4n) is 2.59. The lowest BCUT2D eigenvalue weighted by Crippen LogP contribution is -2.37. The molecule has 2 N–H and O–H groups in total. The van der Waals surface area contributed by atoms with E-state index >= 15 is 0 Å². The van der Waals surface area contributed by atoms with Gasteiger partial charge in [0.2, 0.25) is 0 Å². The van der Waals surface area contributed by atoms with E-state index in [-0.39, 0.29) is 6.04 Å². The molecular weight excluding hydrogens is 192 g/mol. The molecule has 0 aromatic heterocycles. The minimum absolute atomic E-state index is 0.242. The number of nitrogens with two attached hydrogens (primary N) is 1. The summed E-state index contributed by atoms with van der Waals surface area (Å²) < 4.78 is 10.6. The Labute approximate surface area is 91.7 Å². The Bertz CT molecular complexity index is 201. The number of methoxy groups -OCH3 is 1. The van der Waals surface area contributed by atoms with Gasteiger partial charge in [-0.2, -0.15) is 0 Å². The van der Waals surface area contributed by atoms with Crippen LogP contribution in [0.5, 0.6) is 0 Å². The normalized spacial score (nSPS) is 37.6. The third kappa shape index (κ3) is 2.91. The Morgan fingerprint density at radius 1 is 1.47 bits per heavy atom. The van der Waals surface area contributed by atoms with E-state index in [1.54, 1.807) is 7.11 Å². The van der Waals surface area contributed by atoms with Gasteiger partial charge in [-0.15, -0.1) is 0 Å². The predicted molar refractivity (Wildman–Crippen MR) is 58.7 cm³/mol. The zero-order valence-electron chi connectivity index (χ0n) is 9.52. The number of hydrogen-bond acceptors (Lipinski definition) is 4. The molecule has 0 aliphatic carbocycles. The van der Waals surface area contributed by atoms with Crippen LogP contribution in [-0.2, 0) is 9.47 Å². The van der Waals surface area contributed by atoms with E-state index in [1.807, 2.05) is 0 Å². The highest BCUT2D eigenvalue weighted by Crippen LogP contribution is 2.20. The van der Waals surface area contributed by atoms with Crippen LogP contribution < -0.4 is 5.73 Å². The van der Waals surface area contributed by atoms with Gasteiger partial charge in [0.05, 0.1) is 19.8 Å². The van der Waals surface area contributed by atoms with Crippen LogP contribution in [0.4, 0.5) is 0 Å². The molecule has 15 heavy (non-hydrogen) atoms. The van der Waals surface area contributed by atoms with Gasteiger partial charge >= 0.3 is 0 Å². The molecule has 2 saturated heterocycles. The molecule has 0 aromatic carbocycles. The first-order valence-electron chi connectivity index (χ1n) is 5.84. The molecule has 4 heteroatoms. The lowest BCUT2D eigenvalue weighted by Gasteiger charge is -2.21. The minimum atomic E-state index is 0.242. The predicted octanol–water partition coefficient (Wildman–Crippen LogP) is -0.0716. The highest BCUT2D eigenvalue weighted by atomic mass is 16.5. The maximum absolute atomic E-state index is 5.97. The molecule has 2 aliphatic rings. The summed E-state index contributed by atoms with van der Waals surface area (Å²) in [6.07, 6.45) is 1.26. The van der Waals surface area contributed by atoms with E-state index in [4.69, 9.17) is 15.2 Å². The second kappa shape index (κ2) is 5.25. The summed E-state index contributed by atoms with van der Waals surface area (Å²) >= 11 is 0. The van der Waals surface area contributed by atoms with Crippen molar-refractivity contribution in [3.63, 3.8) is 0 Å². The molecule has 0 saturated carbocycles. The van der Waals surface area contributed by atoms with Gasteiger partial charge in [0.25, 0.3) is 0 Å². The van der Waals surface area contributed by atoms with Crippen LogP contribution in [0.2, 0.25) is 0 Å². The zero-order chi connectivity index (χ0) is 10.7. The third-order valence-corrected chi connectivity index (χ3v) is 3.51. The van der Waals surface area contributed by atoms with E-state index in [0.29, 0.717) is 11.8 Å². The van der Waals surface area contributed by atoms with Crippen molar-refractivity contribution in [1.29, 1.82) is 0 Å². The van der Waals surface area contributed by atoms with Crippen molar-refractivity contribution < 1.29 is 9.47 Å². The van der Waals surface area contributed by atoms with E-state index in [9.17, 15) is 0 Å². The van der Waals surface area contributed by atoms with Crippen LogP contribution >= 0.6 is 0 Å². The zero-order valence-corrected chi connectivity index (χ0v) is 9.52. The molecule has 2 aliphatic heterocycles. The summed E-state index contributed by atoms with van der Waals surface area (Å²) in [6, 6.07) is 0.242. The molecule has 0 bridgehead atoms. The maximum atomic E-state index is 5.97. The Kier molecular flexibility index (Phi) is 3.97. The van der Waals surface area contributed by atoms with Gasteiger partial charge in [-0.25, -0.2) is 0 Å². The first kappa shape index (κ1) is 11.3. The molecular formula is C11H22N2O2. The Balaban J connectivity index is 1.72. The van der Waals surface area contributed by atoms with Gasteiger partial charge < -0.3 is 20.1 Å². The standard InChI is InChI=1S/C11H22N2O2/c1-14-6-9-2-3-13(4-9)5-10-7-15-8-11(10)12/h9-11H,2-8,12H2,1H3. The minimum Gasteiger partial charge on any atom is -0.384 e. The van der Waals surface area contributed by atoms with E-state index in [0.717, 1.165) is 32.9 Å². The van der Waals surface area contributed by atoms with E-state index in [2.05, 4.69) is 4.90 Å². The van der Waals surface area contributed by atoms with Crippen molar-refractivity contribution in [1.82, 2.24) is 4.90 Å². The van der Waals surface area contributed by atoms with Crippen LogP contribution in [0.15, 0.2) is 0 Å². The molecule has 88 valence electrons. The van der Waals surface area contributed by atoms with Gasteiger partial charge in [-0.1, -0.05) is 0 Å². The highest BCUT2D eigenvalue weighted by molar-refractivity contribution is 4.84. The molecule has 0 spiro atoms. The van der Waals surface area contributed by atoms with Crippen LogP contribution in [0.25, 0.3) is 0 Å². The van der Waals surface area contributed by atoms with Crippen molar-refractivity contribution in [2.75, 3.05) is 46.6 Å². The van der Waals surface area contributed by atoms with Gasteiger partial charge in [-0.3, -0.25) is 0 Å². The van der Waals surface area contributed by atoms with Crippen LogP contribution in [0.3, 0.4) is 0 Å². The number of ether oxygens (including phenoxy) is 2. The summed E-state index contributed by atoms with van der Waals surface area (Å²) in [4.78, 5) is 2.50. The molecule has 0 radical (unpaired) electrons. The van der Waals surface area contributed by atoms with Crippen LogP contribution in [0, 0.1) is 11.8 Å². The fraction of sp³-hybridized carbons (Fsp3) is 1.00. The van der Waals surface area contributed by atoms with Crippen molar-refractivity contribution >= 4 is 0 Å². The first-order valence-corrected chi connectivity index (χ1v) is 5.84. The SMILES string of the molecule is COCC1CCN(CC2COCC2N)C1. The number of rotatable bonds is 4. The Morgan fingerprint density at radius 2 is 2.33 bits per heavy atom. The second-order valence-electron chi connectivity index (χ2n) is 4.83. The van der Waals surface area contributed by atoms with Crippen molar-refractivity contribution in [3.8, 4) is 0 Å². The van der Waals surface area contributed by atoms with Gasteiger partial charge in [0.15, 0.2) is 0 Å². The quantitative estimate of drug-likeness (QED) is 0.711. The Hall–Kier alpha value is -0.160. The molecule has 2 rings (SSSR count). The average Bonchev–Trinajstić information content (AvgIpc) is 2.79. The van der Waals surface area contributed by atoms with Gasteiger partial charge in [-0.05, 0) is 18.9 Å². The second-order valence-corrected chi connectivity index (χ2v) is 4.83. The average molecular weight is 214 g/mol. The number of hydrogen-bond donors (Lipinski definition) is 1. The molecule has 3 atom stereocenters. The van der Waals surface area contributed by atoms with Gasteiger partial charge in [0.1, 0.15) is 0 Å². The molecule has 0 amide bonds. The molecule has 3 unspecified atom stereocenters.